The average Bonchev–Trinajstić information content (AvgIpc) is 2.74. The van der Waals surface area contributed by atoms with Crippen LogP contribution in [-0.4, -0.2) is 9.78 Å². The largest absolute Gasteiger partial charge is 0.271 e. The lowest BCUT2D eigenvalue weighted by Gasteiger charge is -2.19. The van der Waals surface area contributed by atoms with Gasteiger partial charge in [0.15, 0.2) is 0 Å². The number of rotatable bonds is 5. The molecule has 114 valence electrons. The van der Waals surface area contributed by atoms with E-state index in [0.717, 1.165) is 33.5 Å². The van der Waals surface area contributed by atoms with Crippen LogP contribution < -0.4 is 11.3 Å². The van der Waals surface area contributed by atoms with E-state index >= 15 is 0 Å². The smallest absolute Gasteiger partial charge is 0.123 e. The minimum Gasteiger partial charge on any atom is -0.271 e. The van der Waals surface area contributed by atoms with Gasteiger partial charge in [0, 0.05) is 13.0 Å². The van der Waals surface area contributed by atoms with Crippen LogP contribution in [-0.2, 0) is 13.0 Å². The Hall–Kier alpha value is -1.24. The van der Waals surface area contributed by atoms with Gasteiger partial charge in [0.1, 0.15) is 5.82 Å². The van der Waals surface area contributed by atoms with Crippen LogP contribution in [0.5, 0.6) is 0 Å². The number of benzene rings is 1. The maximum absolute atomic E-state index is 13.5. The first-order valence-electron chi connectivity index (χ1n) is 6.91. The van der Waals surface area contributed by atoms with Crippen molar-refractivity contribution >= 4 is 15.9 Å². The Balaban J connectivity index is 2.38. The van der Waals surface area contributed by atoms with Crippen LogP contribution in [0.2, 0.25) is 0 Å². The molecular weight excluding hydrogens is 335 g/mol. The Morgan fingerprint density at radius 2 is 2.14 bits per heavy atom. The first-order valence-corrected chi connectivity index (χ1v) is 7.71. The minimum absolute atomic E-state index is 0.168. The standard InChI is InChI=1S/C15H20BrFN4/c1-4-21-14(15(16)10(3)20-21)8-13(19-18)12-7-11(17)6-5-9(12)2/h5-7,13,19H,4,8,18H2,1-3H3. The summed E-state index contributed by atoms with van der Waals surface area (Å²) >= 11 is 3.58. The number of nitrogens with one attached hydrogen (secondary N) is 1. The zero-order chi connectivity index (χ0) is 15.6. The van der Waals surface area contributed by atoms with Crippen LogP contribution in [0.25, 0.3) is 0 Å². The second kappa shape index (κ2) is 6.68. The van der Waals surface area contributed by atoms with Crippen molar-refractivity contribution in [2.75, 3.05) is 0 Å². The Morgan fingerprint density at radius 3 is 2.76 bits per heavy atom. The Labute approximate surface area is 132 Å². The van der Waals surface area contributed by atoms with Gasteiger partial charge >= 0.3 is 0 Å². The summed E-state index contributed by atoms with van der Waals surface area (Å²) in [6.07, 6.45) is 0.635. The fourth-order valence-corrected chi connectivity index (χ4v) is 2.95. The van der Waals surface area contributed by atoms with Crippen LogP contribution in [0.4, 0.5) is 4.39 Å². The van der Waals surface area contributed by atoms with E-state index < -0.39 is 0 Å². The fraction of sp³-hybridized carbons (Fsp3) is 0.400. The van der Waals surface area contributed by atoms with E-state index in [1.54, 1.807) is 6.07 Å². The van der Waals surface area contributed by atoms with Gasteiger partial charge in [0.25, 0.3) is 0 Å². The van der Waals surface area contributed by atoms with E-state index in [0.29, 0.717) is 6.42 Å². The third-order valence-corrected chi connectivity index (χ3v) is 4.70. The third-order valence-electron chi connectivity index (χ3n) is 3.67. The Bertz CT molecular complexity index is 639. The van der Waals surface area contributed by atoms with Gasteiger partial charge in [-0.3, -0.25) is 16.0 Å². The highest BCUT2D eigenvalue weighted by Crippen LogP contribution is 2.28. The monoisotopic (exact) mass is 354 g/mol. The molecule has 0 amide bonds. The summed E-state index contributed by atoms with van der Waals surface area (Å²) in [5.74, 6) is 5.45. The summed E-state index contributed by atoms with van der Waals surface area (Å²) in [6.45, 7) is 6.73. The molecule has 0 spiro atoms. The Morgan fingerprint density at radius 1 is 1.43 bits per heavy atom. The second-order valence-corrected chi connectivity index (χ2v) is 5.88. The summed E-state index contributed by atoms with van der Waals surface area (Å²) in [5.41, 5.74) is 6.67. The number of hydrogen-bond acceptors (Lipinski definition) is 3. The van der Waals surface area contributed by atoms with Crippen molar-refractivity contribution in [2.45, 2.75) is 39.8 Å². The van der Waals surface area contributed by atoms with Crippen LogP contribution in [0.1, 0.15) is 35.5 Å². The molecule has 0 radical (unpaired) electrons. The molecule has 0 aliphatic rings. The molecule has 1 unspecified atom stereocenters. The van der Waals surface area contributed by atoms with E-state index in [9.17, 15) is 4.39 Å². The van der Waals surface area contributed by atoms with Gasteiger partial charge in [-0.25, -0.2) is 4.39 Å². The van der Waals surface area contributed by atoms with Gasteiger partial charge in [-0.15, -0.1) is 0 Å². The highest BCUT2D eigenvalue weighted by molar-refractivity contribution is 9.10. The van der Waals surface area contributed by atoms with Crippen molar-refractivity contribution in [3.63, 3.8) is 0 Å². The molecule has 0 bridgehead atoms. The molecule has 1 heterocycles. The summed E-state index contributed by atoms with van der Waals surface area (Å²) in [6, 6.07) is 4.60. The van der Waals surface area contributed by atoms with E-state index in [1.807, 2.05) is 25.5 Å². The quantitative estimate of drug-likeness (QED) is 0.640. The van der Waals surface area contributed by atoms with Crippen LogP contribution >= 0.6 is 15.9 Å². The molecule has 1 aromatic heterocycles. The van der Waals surface area contributed by atoms with Crippen molar-refractivity contribution in [2.24, 2.45) is 5.84 Å². The third kappa shape index (κ3) is 3.33. The van der Waals surface area contributed by atoms with Crippen LogP contribution in [0.3, 0.4) is 0 Å². The molecule has 0 aliphatic carbocycles. The number of hydrazine groups is 1. The van der Waals surface area contributed by atoms with Gasteiger partial charge in [0.2, 0.25) is 0 Å². The van der Waals surface area contributed by atoms with Crippen molar-refractivity contribution in [3.8, 4) is 0 Å². The first-order chi connectivity index (χ1) is 9.97. The number of nitrogens with two attached hydrogens (primary N) is 1. The molecule has 0 saturated heterocycles. The number of halogens is 2. The molecule has 6 heteroatoms. The predicted molar refractivity (Wildman–Crippen MR) is 85.2 cm³/mol. The molecule has 0 aliphatic heterocycles. The summed E-state index contributed by atoms with van der Waals surface area (Å²) in [7, 11) is 0. The van der Waals surface area contributed by atoms with Crippen LogP contribution in [0.15, 0.2) is 22.7 Å². The topological polar surface area (TPSA) is 55.9 Å². The van der Waals surface area contributed by atoms with Gasteiger partial charge in [-0.1, -0.05) is 6.07 Å². The highest BCUT2D eigenvalue weighted by atomic mass is 79.9. The molecule has 1 aromatic carbocycles. The second-order valence-electron chi connectivity index (χ2n) is 5.09. The zero-order valence-corrected chi connectivity index (χ0v) is 14.0. The summed E-state index contributed by atoms with van der Waals surface area (Å²) in [5, 5.41) is 4.48. The van der Waals surface area contributed by atoms with E-state index in [4.69, 9.17) is 5.84 Å². The van der Waals surface area contributed by atoms with Crippen molar-refractivity contribution < 1.29 is 4.39 Å². The first kappa shape index (κ1) is 16.1. The molecule has 0 saturated carbocycles. The molecule has 0 fully saturated rings. The fourth-order valence-electron chi connectivity index (χ4n) is 2.50. The molecule has 2 aromatic rings. The molecule has 1 atom stereocenters. The van der Waals surface area contributed by atoms with Crippen LogP contribution in [0, 0.1) is 19.7 Å². The maximum Gasteiger partial charge on any atom is 0.123 e. The van der Waals surface area contributed by atoms with Gasteiger partial charge in [0.05, 0.1) is 21.9 Å². The normalized spacial score (nSPS) is 12.7. The van der Waals surface area contributed by atoms with Crippen molar-refractivity contribution in [1.29, 1.82) is 0 Å². The minimum atomic E-state index is -0.255. The predicted octanol–water partition coefficient (Wildman–Crippen LogP) is 3.17. The number of aryl methyl sites for hydroxylation is 3. The average molecular weight is 355 g/mol. The van der Waals surface area contributed by atoms with Crippen molar-refractivity contribution in [1.82, 2.24) is 15.2 Å². The zero-order valence-electron chi connectivity index (χ0n) is 12.5. The summed E-state index contributed by atoms with van der Waals surface area (Å²) in [4.78, 5) is 0. The van der Waals surface area contributed by atoms with Gasteiger partial charge in [-0.05, 0) is 60.0 Å². The molecule has 2 rings (SSSR count). The number of aromatic nitrogens is 2. The molecule has 3 N–H and O–H groups in total. The Kier molecular flexibility index (Phi) is 5.13. The number of hydrogen-bond donors (Lipinski definition) is 2. The van der Waals surface area contributed by atoms with E-state index in [2.05, 4.69) is 26.5 Å². The van der Waals surface area contributed by atoms with E-state index in [-0.39, 0.29) is 11.9 Å². The number of nitrogens with zero attached hydrogens (tertiary/aromatic N) is 2. The van der Waals surface area contributed by atoms with Gasteiger partial charge < -0.3 is 0 Å². The molecule has 21 heavy (non-hydrogen) atoms. The summed E-state index contributed by atoms with van der Waals surface area (Å²) < 4.78 is 16.4. The lowest BCUT2D eigenvalue weighted by atomic mass is 9.97. The lowest BCUT2D eigenvalue weighted by Crippen LogP contribution is -2.31. The maximum atomic E-state index is 13.5. The van der Waals surface area contributed by atoms with Gasteiger partial charge in [-0.2, -0.15) is 5.10 Å². The lowest BCUT2D eigenvalue weighted by molar-refractivity contribution is 0.510. The molecule has 4 nitrogen and oxygen atoms in total. The molecular formula is C15H20BrFN4. The highest BCUT2D eigenvalue weighted by Gasteiger charge is 2.19. The SMILES string of the molecule is CCn1nc(C)c(Br)c1CC(NN)c1cc(F)ccc1C. The van der Waals surface area contributed by atoms with Crippen molar-refractivity contribution in [3.05, 3.63) is 51.0 Å². The van der Waals surface area contributed by atoms with E-state index in [1.165, 1.54) is 12.1 Å².